The van der Waals surface area contributed by atoms with E-state index in [2.05, 4.69) is 49.0 Å². The van der Waals surface area contributed by atoms with Gasteiger partial charge in [-0.1, -0.05) is 44.2 Å². The number of allylic oxidation sites excluding steroid dienone is 3. The molecule has 5 rings (SSSR count). The molecule has 4 nitrogen and oxygen atoms in total. The van der Waals surface area contributed by atoms with Crippen molar-refractivity contribution in [1.29, 1.82) is 0 Å². The molecule has 0 saturated carbocycles. The summed E-state index contributed by atoms with van der Waals surface area (Å²) in [7, 11) is 0. The van der Waals surface area contributed by atoms with Crippen LogP contribution in [-0.4, -0.2) is 32.3 Å². The highest BCUT2D eigenvalue weighted by Crippen LogP contribution is 2.47. The van der Waals surface area contributed by atoms with Crippen molar-refractivity contribution in [2.24, 2.45) is 0 Å². The molecule has 0 amide bonds. The molecular formula is C28H29N2O2+. The molecule has 162 valence electrons. The third kappa shape index (κ3) is 2.68. The number of Topliss-reactive ketones (excluding diaryl/α,β-unsaturated/α-hetero) is 1. The molecule has 1 N–H and O–H groups in total. The first-order valence-electron chi connectivity index (χ1n) is 11.5. The lowest BCUT2D eigenvalue weighted by molar-refractivity contribution is -0.437. The summed E-state index contributed by atoms with van der Waals surface area (Å²) in [5.41, 5.74) is 7.96. The van der Waals surface area contributed by atoms with Crippen molar-refractivity contribution in [3.8, 4) is 0 Å². The number of ketones is 1. The van der Waals surface area contributed by atoms with E-state index in [1.807, 2.05) is 36.4 Å². The molecule has 1 aromatic heterocycles. The Morgan fingerprint density at radius 1 is 0.906 bits per heavy atom. The van der Waals surface area contributed by atoms with Crippen LogP contribution in [0.25, 0.3) is 22.0 Å². The molecule has 0 atom stereocenters. The summed E-state index contributed by atoms with van der Waals surface area (Å²) in [6.45, 7) is 10.2. The van der Waals surface area contributed by atoms with Crippen LogP contribution in [0.15, 0.2) is 59.9 Å². The molecule has 3 aromatic rings. The molecule has 2 heterocycles. The fourth-order valence-corrected chi connectivity index (χ4v) is 5.38. The third-order valence-corrected chi connectivity index (χ3v) is 6.78. The monoisotopic (exact) mass is 425 g/mol. The highest BCUT2D eigenvalue weighted by molar-refractivity contribution is 6.47. The number of hydrogen-bond donors (Lipinski definition) is 1. The number of para-hydroxylation sites is 2. The quantitative estimate of drug-likeness (QED) is 0.391. The van der Waals surface area contributed by atoms with Crippen LogP contribution in [0, 0.1) is 6.92 Å². The Morgan fingerprint density at radius 3 is 2.34 bits per heavy atom. The Bertz CT molecular complexity index is 1380. The number of aromatic nitrogens is 1. The van der Waals surface area contributed by atoms with E-state index >= 15 is 0 Å². The van der Waals surface area contributed by atoms with E-state index in [0.717, 1.165) is 70.6 Å². The minimum absolute atomic E-state index is 0.0625. The van der Waals surface area contributed by atoms with Gasteiger partial charge >= 0.3 is 0 Å². The van der Waals surface area contributed by atoms with Gasteiger partial charge in [0.2, 0.25) is 11.5 Å². The number of carbonyl (C=O) groups excluding carboxylic acids is 1. The Hall–Kier alpha value is -3.40. The second-order valence-electron chi connectivity index (χ2n) is 8.69. The standard InChI is InChI=1S/C28H28N2O2/c1-5-15-29-17(3)23(19-11-7-9-13-21(19)29)25-27(31)26(28(25)32)24-18(4)30(16-6-2)22-14-10-8-12-20(22)24/h7-14H,5-6,15-16H2,1-4H3/p+1. The van der Waals surface area contributed by atoms with Crippen molar-refractivity contribution in [2.45, 2.75) is 47.1 Å². The van der Waals surface area contributed by atoms with Crippen LogP contribution >= 0.6 is 0 Å². The largest absolute Gasteiger partial charge is 0.506 e. The second-order valence-corrected chi connectivity index (χ2v) is 8.69. The van der Waals surface area contributed by atoms with Gasteiger partial charge in [-0.05, 0) is 25.5 Å². The molecule has 0 bridgehead atoms. The summed E-state index contributed by atoms with van der Waals surface area (Å²) in [6.07, 6.45) is 2.01. The minimum Gasteiger partial charge on any atom is -0.506 e. The average molecular weight is 426 g/mol. The molecule has 2 aromatic carbocycles. The molecule has 1 aliphatic carbocycles. The minimum atomic E-state index is -0.0625. The molecular weight excluding hydrogens is 396 g/mol. The van der Waals surface area contributed by atoms with Crippen LogP contribution in [0.1, 0.15) is 50.4 Å². The molecule has 1 aliphatic heterocycles. The van der Waals surface area contributed by atoms with Crippen molar-refractivity contribution in [3.05, 3.63) is 76.7 Å². The predicted molar refractivity (Wildman–Crippen MR) is 131 cm³/mol. The fourth-order valence-electron chi connectivity index (χ4n) is 5.38. The van der Waals surface area contributed by atoms with E-state index in [9.17, 15) is 9.90 Å². The Kier molecular flexibility index (Phi) is 4.89. The van der Waals surface area contributed by atoms with Gasteiger partial charge in [0.15, 0.2) is 5.71 Å². The third-order valence-electron chi connectivity index (χ3n) is 6.78. The fraction of sp³-hybridized carbons (Fsp3) is 0.286. The SMILES string of the molecule is CCCn1c(C)c(C2=C(O)/C(=C3/C(C)=[N+](CCC)c4ccccc43)C2=O)c2ccccc21. The molecule has 0 unspecified atom stereocenters. The first-order valence-corrected chi connectivity index (χ1v) is 11.5. The van der Waals surface area contributed by atoms with E-state index in [1.54, 1.807) is 0 Å². The molecule has 4 heteroatoms. The summed E-state index contributed by atoms with van der Waals surface area (Å²) in [4.78, 5) is 13.6. The van der Waals surface area contributed by atoms with Gasteiger partial charge in [-0.25, -0.2) is 0 Å². The van der Waals surface area contributed by atoms with Crippen molar-refractivity contribution in [1.82, 2.24) is 4.57 Å². The first-order chi connectivity index (χ1) is 15.5. The van der Waals surface area contributed by atoms with Crippen molar-refractivity contribution >= 4 is 39.2 Å². The van der Waals surface area contributed by atoms with Gasteiger partial charge in [0.05, 0.1) is 22.3 Å². The number of aryl methyl sites for hydroxylation is 1. The number of hydrogen-bond acceptors (Lipinski definition) is 2. The molecule has 32 heavy (non-hydrogen) atoms. The molecule has 2 aliphatic rings. The Balaban J connectivity index is 1.75. The lowest BCUT2D eigenvalue weighted by atomic mass is 9.78. The van der Waals surface area contributed by atoms with Crippen molar-refractivity contribution in [3.63, 3.8) is 0 Å². The van der Waals surface area contributed by atoms with E-state index in [0.29, 0.717) is 11.1 Å². The first kappa shape index (κ1) is 20.5. The number of nitrogens with zero attached hydrogens (tertiary/aromatic N) is 2. The molecule has 0 spiro atoms. The zero-order valence-corrected chi connectivity index (χ0v) is 19.2. The molecule has 0 saturated heterocycles. The van der Waals surface area contributed by atoms with Crippen LogP contribution in [0.3, 0.4) is 0 Å². The highest BCUT2D eigenvalue weighted by Gasteiger charge is 2.44. The summed E-state index contributed by atoms with van der Waals surface area (Å²) < 4.78 is 4.52. The lowest BCUT2D eigenvalue weighted by Crippen LogP contribution is -2.25. The van der Waals surface area contributed by atoms with Crippen LogP contribution in [0.5, 0.6) is 0 Å². The highest BCUT2D eigenvalue weighted by atomic mass is 16.3. The summed E-state index contributed by atoms with van der Waals surface area (Å²) >= 11 is 0. The lowest BCUT2D eigenvalue weighted by Gasteiger charge is -2.23. The number of fused-ring (bicyclic) bond motifs is 2. The van der Waals surface area contributed by atoms with Gasteiger partial charge in [-0.15, -0.1) is 0 Å². The van der Waals surface area contributed by atoms with Crippen LogP contribution in [-0.2, 0) is 11.3 Å². The normalized spacial score (nSPS) is 18.1. The number of benzene rings is 2. The van der Waals surface area contributed by atoms with Gasteiger partial charge < -0.3 is 9.67 Å². The molecule has 0 radical (unpaired) electrons. The van der Waals surface area contributed by atoms with Crippen molar-refractivity contribution in [2.75, 3.05) is 6.54 Å². The number of aliphatic hydroxyl groups is 1. The van der Waals surface area contributed by atoms with Crippen LogP contribution < -0.4 is 0 Å². The van der Waals surface area contributed by atoms with Gasteiger partial charge in [-0.3, -0.25) is 4.79 Å². The number of rotatable bonds is 5. The Labute approximate surface area is 188 Å². The van der Waals surface area contributed by atoms with Gasteiger partial charge in [0.1, 0.15) is 12.3 Å². The van der Waals surface area contributed by atoms with Gasteiger partial charge in [0.25, 0.3) is 0 Å². The Morgan fingerprint density at radius 2 is 1.62 bits per heavy atom. The summed E-state index contributed by atoms with van der Waals surface area (Å²) in [5, 5.41) is 12.3. The van der Waals surface area contributed by atoms with Crippen LogP contribution in [0.2, 0.25) is 0 Å². The maximum Gasteiger partial charge on any atom is 0.213 e. The van der Waals surface area contributed by atoms with Gasteiger partial charge in [-0.2, -0.15) is 4.58 Å². The van der Waals surface area contributed by atoms with E-state index in [4.69, 9.17) is 0 Å². The maximum atomic E-state index is 13.6. The maximum absolute atomic E-state index is 13.6. The van der Waals surface area contributed by atoms with E-state index in [1.165, 1.54) is 0 Å². The summed E-state index contributed by atoms with van der Waals surface area (Å²) in [5.74, 6) is 0.0625. The van der Waals surface area contributed by atoms with Gasteiger partial charge in [0, 0.05) is 48.1 Å². The second kappa shape index (κ2) is 7.63. The smallest absolute Gasteiger partial charge is 0.213 e. The summed E-state index contributed by atoms with van der Waals surface area (Å²) in [6, 6.07) is 16.3. The zero-order valence-electron chi connectivity index (χ0n) is 19.2. The number of aliphatic hydroxyl groups excluding tert-OH is 1. The predicted octanol–water partition coefficient (Wildman–Crippen LogP) is 6.19. The van der Waals surface area contributed by atoms with Crippen molar-refractivity contribution < 1.29 is 14.5 Å². The average Bonchev–Trinajstić information content (AvgIpc) is 3.22. The van der Waals surface area contributed by atoms with E-state index < -0.39 is 0 Å². The molecule has 0 fully saturated rings. The van der Waals surface area contributed by atoms with Crippen LogP contribution in [0.4, 0.5) is 5.69 Å². The number of carbonyl (C=O) groups is 1. The van der Waals surface area contributed by atoms with E-state index in [-0.39, 0.29) is 11.5 Å². The zero-order chi connectivity index (χ0) is 22.6. The topological polar surface area (TPSA) is 45.2 Å².